The van der Waals surface area contributed by atoms with Crippen molar-refractivity contribution in [3.05, 3.63) is 35.4 Å². The second-order valence-corrected chi connectivity index (χ2v) is 6.49. The SMILES string of the molecule is CCNS(=O)(=O)CCNC1CCc2ccccc21. The summed E-state index contributed by atoms with van der Waals surface area (Å²) >= 11 is 0. The Labute approximate surface area is 109 Å². The Kier molecular flexibility index (Phi) is 4.37. The van der Waals surface area contributed by atoms with Crippen LogP contribution in [0.15, 0.2) is 24.3 Å². The number of hydrogen-bond donors (Lipinski definition) is 2. The third kappa shape index (κ3) is 3.31. The van der Waals surface area contributed by atoms with Gasteiger partial charge in [0.2, 0.25) is 10.0 Å². The molecule has 1 atom stereocenters. The van der Waals surface area contributed by atoms with Crippen LogP contribution in [0.2, 0.25) is 0 Å². The molecule has 0 aromatic heterocycles. The van der Waals surface area contributed by atoms with Crippen LogP contribution in [0.4, 0.5) is 0 Å². The molecular weight excluding hydrogens is 248 g/mol. The predicted octanol–water partition coefficient (Wildman–Crippen LogP) is 1.20. The second-order valence-electron chi connectivity index (χ2n) is 4.56. The van der Waals surface area contributed by atoms with Crippen LogP contribution in [-0.2, 0) is 16.4 Å². The van der Waals surface area contributed by atoms with Gasteiger partial charge in [-0.15, -0.1) is 0 Å². The Bertz CT molecular complexity index is 499. The van der Waals surface area contributed by atoms with Crippen LogP contribution in [0, 0.1) is 0 Å². The topological polar surface area (TPSA) is 58.2 Å². The zero-order valence-electron chi connectivity index (χ0n) is 10.6. The molecule has 4 nitrogen and oxygen atoms in total. The lowest BCUT2D eigenvalue weighted by atomic mass is 10.1. The normalized spacial score (nSPS) is 18.8. The van der Waals surface area contributed by atoms with Gasteiger partial charge in [0.05, 0.1) is 5.75 Å². The first kappa shape index (κ1) is 13.5. The zero-order valence-corrected chi connectivity index (χ0v) is 11.5. The highest BCUT2D eigenvalue weighted by Gasteiger charge is 2.21. The number of rotatable bonds is 6. The van der Waals surface area contributed by atoms with Gasteiger partial charge in [-0.1, -0.05) is 31.2 Å². The molecule has 0 bridgehead atoms. The summed E-state index contributed by atoms with van der Waals surface area (Å²) in [6.07, 6.45) is 2.13. The summed E-state index contributed by atoms with van der Waals surface area (Å²) in [5.74, 6) is 0.138. The minimum atomic E-state index is -3.11. The number of aryl methyl sites for hydroxylation is 1. The average molecular weight is 268 g/mol. The molecule has 5 heteroatoms. The molecule has 18 heavy (non-hydrogen) atoms. The van der Waals surface area contributed by atoms with E-state index in [1.807, 2.05) is 6.07 Å². The molecule has 1 aromatic rings. The lowest BCUT2D eigenvalue weighted by Crippen LogP contribution is -2.32. The van der Waals surface area contributed by atoms with Crippen molar-refractivity contribution in [2.24, 2.45) is 0 Å². The van der Waals surface area contributed by atoms with Gasteiger partial charge in [0, 0.05) is 19.1 Å². The lowest BCUT2D eigenvalue weighted by Gasteiger charge is -2.14. The van der Waals surface area contributed by atoms with Gasteiger partial charge >= 0.3 is 0 Å². The standard InChI is InChI=1S/C13H20N2O2S/c1-2-15-18(16,17)10-9-14-13-8-7-11-5-3-4-6-12(11)13/h3-6,13-15H,2,7-10H2,1H3. The van der Waals surface area contributed by atoms with E-state index in [2.05, 4.69) is 28.2 Å². The van der Waals surface area contributed by atoms with Crippen LogP contribution in [0.1, 0.15) is 30.5 Å². The monoisotopic (exact) mass is 268 g/mol. The molecular formula is C13H20N2O2S. The van der Waals surface area contributed by atoms with Crippen LogP contribution in [0.3, 0.4) is 0 Å². The zero-order chi connectivity index (χ0) is 13.0. The van der Waals surface area contributed by atoms with E-state index in [0.717, 1.165) is 12.8 Å². The first-order chi connectivity index (χ1) is 8.62. The van der Waals surface area contributed by atoms with Crippen molar-refractivity contribution in [3.8, 4) is 0 Å². The van der Waals surface area contributed by atoms with E-state index in [9.17, 15) is 8.42 Å². The number of sulfonamides is 1. The molecule has 0 radical (unpaired) electrons. The summed E-state index contributed by atoms with van der Waals surface area (Å²) in [7, 11) is -3.11. The first-order valence-electron chi connectivity index (χ1n) is 6.41. The molecule has 100 valence electrons. The van der Waals surface area contributed by atoms with Gasteiger partial charge in [0.1, 0.15) is 0 Å². The number of hydrogen-bond acceptors (Lipinski definition) is 3. The minimum Gasteiger partial charge on any atom is -0.309 e. The molecule has 1 unspecified atom stereocenters. The number of fused-ring (bicyclic) bond motifs is 1. The Morgan fingerprint density at radius 2 is 2.11 bits per heavy atom. The summed E-state index contributed by atoms with van der Waals surface area (Å²) in [4.78, 5) is 0. The molecule has 2 N–H and O–H groups in total. The van der Waals surface area contributed by atoms with Crippen LogP contribution < -0.4 is 10.0 Å². The smallest absolute Gasteiger partial charge is 0.212 e. The van der Waals surface area contributed by atoms with Crippen molar-refractivity contribution in [3.63, 3.8) is 0 Å². The van der Waals surface area contributed by atoms with Gasteiger partial charge in [-0.05, 0) is 24.0 Å². The average Bonchev–Trinajstić information content (AvgIpc) is 2.73. The minimum absolute atomic E-state index is 0.138. The van der Waals surface area contributed by atoms with E-state index in [1.54, 1.807) is 6.92 Å². The largest absolute Gasteiger partial charge is 0.309 e. The predicted molar refractivity (Wildman–Crippen MR) is 73.0 cm³/mol. The van der Waals surface area contributed by atoms with E-state index in [0.29, 0.717) is 19.1 Å². The van der Waals surface area contributed by atoms with E-state index < -0.39 is 10.0 Å². The van der Waals surface area contributed by atoms with Crippen LogP contribution in [0.25, 0.3) is 0 Å². The van der Waals surface area contributed by atoms with Crippen LogP contribution >= 0.6 is 0 Å². The van der Waals surface area contributed by atoms with Crippen molar-refractivity contribution >= 4 is 10.0 Å². The molecule has 0 saturated carbocycles. The second kappa shape index (κ2) is 5.82. The fourth-order valence-electron chi connectivity index (χ4n) is 2.43. The number of nitrogens with one attached hydrogen (secondary N) is 2. The molecule has 0 heterocycles. The van der Waals surface area contributed by atoms with Crippen molar-refractivity contribution in [2.75, 3.05) is 18.8 Å². The molecule has 1 aliphatic carbocycles. The highest BCUT2D eigenvalue weighted by molar-refractivity contribution is 7.89. The maximum absolute atomic E-state index is 11.5. The Hall–Kier alpha value is -0.910. The maximum atomic E-state index is 11.5. The molecule has 0 spiro atoms. The van der Waals surface area contributed by atoms with E-state index >= 15 is 0 Å². The van der Waals surface area contributed by atoms with E-state index in [4.69, 9.17) is 0 Å². The lowest BCUT2D eigenvalue weighted by molar-refractivity contribution is 0.538. The van der Waals surface area contributed by atoms with Crippen LogP contribution in [0.5, 0.6) is 0 Å². The highest BCUT2D eigenvalue weighted by Crippen LogP contribution is 2.30. The Morgan fingerprint density at radius 3 is 2.89 bits per heavy atom. The third-order valence-corrected chi connectivity index (χ3v) is 4.73. The first-order valence-corrected chi connectivity index (χ1v) is 8.06. The molecule has 1 aromatic carbocycles. The summed E-state index contributed by atoms with van der Waals surface area (Å²) < 4.78 is 25.5. The highest BCUT2D eigenvalue weighted by atomic mass is 32.2. The van der Waals surface area contributed by atoms with Crippen molar-refractivity contribution in [2.45, 2.75) is 25.8 Å². The fourth-order valence-corrected chi connectivity index (χ4v) is 3.40. The summed E-state index contributed by atoms with van der Waals surface area (Å²) in [6.45, 7) is 2.74. The quantitative estimate of drug-likeness (QED) is 0.815. The van der Waals surface area contributed by atoms with Crippen molar-refractivity contribution in [1.29, 1.82) is 0 Å². The molecule has 0 saturated heterocycles. The molecule has 0 aliphatic heterocycles. The molecule has 1 aliphatic rings. The van der Waals surface area contributed by atoms with Gasteiger partial charge in [0.15, 0.2) is 0 Å². The summed E-state index contributed by atoms with van der Waals surface area (Å²) in [6, 6.07) is 8.66. The van der Waals surface area contributed by atoms with E-state index in [-0.39, 0.29) is 5.75 Å². The van der Waals surface area contributed by atoms with Crippen molar-refractivity contribution < 1.29 is 8.42 Å². The number of benzene rings is 1. The summed E-state index contributed by atoms with van der Waals surface area (Å²) in [5.41, 5.74) is 2.70. The molecule has 0 fully saturated rings. The summed E-state index contributed by atoms with van der Waals surface area (Å²) in [5, 5.41) is 3.33. The Morgan fingerprint density at radius 1 is 1.33 bits per heavy atom. The van der Waals surface area contributed by atoms with Gasteiger partial charge in [-0.3, -0.25) is 0 Å². The van der Waals surface area contributed by atoms with Gasteiger partial charge in [-0.25, -0.2) is 13.1 Å². The molecule has 0 amide bonds. The van der Waals surface area contributed by atoms with Crippen molar-refractivity contribution in [1.82, 2.24) is 10.0 Å². The van der Waals surface area contributed by atoms with Gasteiger partial charge in [0.25, 0.3) is 0 Å². The van der Waals surface area contributed by atoms with Gasteiger partial charge in [-0.2, -0.15) is 0 Å². The Balaban J connectivity index is 1.86. The maximum Gasteiger partial charge on any atom is 0.212 e. The van der Waals surface area contributed by atoms with Crippen LogP contribution in [-0.4, -0.2) is 27.3 Å². The van der Waals surface area contributed by atoms with E-state index in [1.165, 1.54) is 11.1 Å². The van der Waals surface area contributed by atoms with Gasteiger partial charge < -0.3 is 5.32 Å². The third-order valence-electron chi connectivity index (χ3n) is 3.26. The fraction of sp³-hybridized carbons (Fsp3) is 0.538. The molecule has 2 rings (SSSR count).